The summed E-state index contributed by atoms with van der Waals surface area (Å²) in [6, 6.07) is 0.0991. The van der Waals surface area contributed by atoms with E-state index in [1.165, 1.54) is 18.5 Å². The monoisotopic (exact) mass is 429 g/mol. The molecule has 172 valence electrons. The number of aromatic nitrogens is 2. The highest BCUT2D eigenvalue weighted by Crippen LogP contribution is 2.30. The number of carbonyl (C=O) groups is 2. The highest BCUT2D eigenvalue weighted by atomic mass is 16.2. The maximum absolute atomic E-state index is 13.0. The molecule has 7 heteroatoms. The summed E-state index contributed by atoms with van der Waals surface area (Å²) >= 11 is 0. The zero-order valence-electron chi connectivity index (χ0n) is 19.3. The lowest BCUT2D eigenvalue weighted by Gasteiger charge is -2.25. The van der Waals surface area contributed by atoms with Crippen molar-refractivity contribution in [2.24, 2.45) is 11.8 Å². The van der Waals surface area contributed by atoms with Crippen molar-refractivity contribution in [1.29, 1.82) is 0 Å². The van der Waals surface area contributed by atoms with Crippen molar-refractivity contribution in [2.75, 3.05) is 26.2 Å². The number of hydrogen-bond acceptors (Lipinski definition) is 4. The molecule has 3 aliphatic rings. The highest BCUT2D eigenvalue weighted by molar-refractivity contribution is 5.94. The zero-order valence-corrected chi connectivity index (χ0v) is 19.3. The molecule has 2 aliphatic carbocycles. The van der Waals surface area contributed by atoms with Crippen molar-refractivity contribution in [3.8, 4) is 0 Å². The number of nitrogens with one attached hydrogen (secondary N) is 2. The van der Waals surface area contributed by atoms with Crippen LogP contribution in [-0.2, 0) is 24.2 Å². The summed E-state index contributed by atoms with van der Waals surface area (Å²) in [7, 11) is 0. The molecule has 2 N–H and O–H groups in total. The van der Waals surface area contributed by atoms with Crippen LogP contribution in [0.25, 0.3) is 0 Å². The molecule has 2 heterocycles. The Morgan fingerprint density at radius 2 is 1.90 bits per heavy atom. The van der Waals surface area contributed by atoms with Gasteiger partial charge in [-0.1, -0.05) is 13.8 Å². The van der Waals surface area contributed by atoms with Crippen LogP contribution in [0.5, 0.6) is 0 Å². The smallest absolute Gasteiger partial charge is 0.272 e. The number of fused-ring (bicyclic) bond motifs is 1. The summed E-state index contributed by atoms with van der Waals surface area (Å²) < 4.78 is 2.06. The molecule has 7 nitrogen and oxygen atoms in total. The number of amides is 2. The van der Waals surface area contributed by atoms with Crippen molar-refractivity contribution in [3.63, 3.8) is 0 Å². The van der Waals surface area contributed by atoms with E-state index < -0.39 is 0 Å². The van der Waals surface area contributed by atoms with Gasteiger partial charge in [-0.2, -0.15) is 5.10 Å². The molecule has 2 amide bonds. The molecular formula is C24H39N5O2. The summed E-state index contributed by atoms with van der Waals surface area (Å²) in [5, 5.41) is 11.1. The van der Waals surface area contributed by atoms with Gasteiger partial charge in [0, 0.05) is 43.4 Å². The lowest BCUT2D eigenvalue weighted by atomic mass is 9.91. The Morgan fingerprint density at radius 3 is 2.68 bits per heavy atom. The summed E-state index contributed by atoms with van der Waals surface area (Å²) in [6.45, 7) is 9.02. The van der Waals surface area contributed by atoms with Gasteiger partial charge in [-0.25, -0.2) is 0 Å². The SMILES string of the molecule is CC(C)CCn1nc2c3c1CCC(C3)NC(=O)CCCN(CC1CC1)CCCNC2=O. The molecule has 1 aliphatic heterocycles. The minimum Gasteiger partial charge on any atom is -0.353 e. The Morgan fingerprint density at radius 1 is 1.10 bits per heavy atom. The average Bonchev–Trinajstić information content (AvgIpc) is 3.47. The predicted octanol–water partition coefficient (Wildman–Crippen LogP) is 2.53. The molecule has 4 rings (SSSR count). The molecule has 0 saturated heterocycles. The molecule has 1 fully saturated rings. The van der Waals surface area contributed by atoms with Crippen LogP contribution in [0, 0.1) is 11.8 Å². The average molecular weight is 430 g/mol. The largest absolute Gasteiger partial charge is 0.353 e. The number of hydrogen-bond donors (Lipinski definition) is 2. The third kappa shape index (κ3) is 6.09. The van der Waals surface area contributed by atoms with Gasteiger partial charge in [0.05, 0.1) is 0 Å². The molecule has 31 heavy (non-hydrogen) atoms. The minimum atomic E-state index is -0.0601. The van der Waals surface area contributed by atoms with E-state index in [9.17, 15) is 9.59 Å². The number of nitrogens with zero attached hydrogens (tertiary/aromatic N) is 3. The van der Waals surface area contributed by atoms with Crippen LogP contribution < -0.4 is 10.6 Å². The summed E-state index contributed by atoms with van der Waals surface area (Å²) in [5.41, 5.74) is 2.81. The van der Waals surface area contributed by atoms with Crippen LogP contribution in [0.15, 0.2) is 0 Å². The van der Waals surface area contributed by atoms with E-state index in [2.05, 4.69) is 34.1 Å². The first-order valence-electron chi connectivity index (χ1n) is 12.4. The normalized spacial score (nSPS) is 23.8. The van der Waals surface area contributed by atoms with E-state index in [1.54, 1.807) is 0 Å². The number of aryl methyl sites for hydroxylation is 1. The van der Waals surface area contributed by atoms with Gasteiger partial charge in [-0.05, 0) is 76.3 Å². The van der Waals surface area contributed by atoms with Crippen molar-refractivity contribution in [2.45, 2.75) is 84.2 Å². The molecule has 0 radical (unpaired) electrons. The maximum Gasteiger partial charge on any atom is 0.272 e. The van der Waals surface area contributed by atoms with E-state index in [0.29, 0.717) is 31.0 Å². The second-order valence-electron chi connectivity index (χ2n) is 10.1. The van der Waals surface area contributed by atoms with Gasteiger partial charge in [-0.3, -0.25) is 14.3 Å². The van der Waals surface area contributed by atoms with Crippen molar-refractivity contribution < 1.29 is 9.59 Å². The molecule has 1 aromatic heterocycles. The first kappa shape index (κ1) is 22.3. The second kappa shape index (κ2) is 10.2. The van der Waals surface area contributed by atoms with Crippen LogP contribution >= 0.6 is 0 Å². The Bertz CT molecular complexity index is 783. The van der Waals surface area contributed by atoms with Gasteiger partial charge in [0.1, 0.15) is 0 Å². The zero-order chi connectivity index (χ0) is 21.8. The molecule has 1 aromatic rings. The van der Waals surface area contributed by atoms with Crippen LogP contribution in [0.1, 0.15) is 80.5 Å². The Hall–Kier alpha value is -1.89. The van der Waals surface area contributed by atoms with E-state index in [4.69, 9.17) is 5.10 Å². The van der Waals surface area contributed by atoms with E-state index >= 15 is 0 Å². The first-order valence-corrected chi connectivity index (χ1v) is 12.4. The Labute approximate surface area is 186 Å². The third-order valence-electron chi connectivity index (χ3n) is 6.87. The van der Waals surface area contributed by atoms with Gasteiger partial charge in [0.25, 0.3) is 5.91 Å². The molecular weight excluding hydrogens is 390 g/mol. The Kier molecular flexibility index (Phi) is 7.31. The molecule has 2 bridgehead atoms. The van der Waals surface area contributed by atoms with Crippen molar-refractivity contribution in [3.05, 3.63) is 17.0 Å². The van der Waals surface area contributed by atoms with Gasteiger partial charge in [-0.15, -0.1) is 0 Å². The van der Waals surface area contributed by atoms with E-state index in [-0.39, 0.29) is 17.9 Å². The maximum atomic E-state index is 13.0. The van der Waals surface area contributed by atoms with Gasteiger partial charge >= 0.3 is 0 Å². The molecule has 1 atom stereocenters. The number of carbonyl (C=O) groups excluding carboxylic acids is 2. The molecule has 1 unspecified atom stereocenters. The third-order valence-corrected chi connectivity index (χ3v) is 6.87. The van der Waals surface area contributed by atoms with Gasteiger partial charge in [0.2, 0.25) is 5.91 Å². The topological polar surface area (TPSA) is 79.3 Å². The van der Waals surface area contributed by atoms with Crippen LogP contribution in [0.3, 0.4) is 0 Å². The quantitative estimate of drug-likeness (QED) is 0.754. The summed E-state index contributed by atoms with van der Waals surface area (Å²) in [5.74, 6) is 1.51. The lowest BCUT2D eigenvalue weighted by Crippen LogP contribution is -2.39. The minimum absolute atomic E-state index is 0.0601. The molecule has 0 spiro atoms. The summed E-state index contributed by atoms with van der Waals surface area (Å²) in [6.07, 6.45) is 8.63. The van der Waals surface area contributed by atoms with Gasteiger partial charge in [0.15, 0.2) is 5.69 Å². The van der Waals surface area contributed by atoms with Crippen molar-refractivity contribution >= 4 is 11.8 Å². The second-order valence-corrected chi connectivity index (χ2v) is 10.1. The highest BCUT2D eigenvalue weighted by Gasteiger charge is 2.30. The van der Waals surface area contributed by atoms with Crippen LogP contribution in [-0.4, -0.2) is 58.7 Å². The molecule has 1 saturated carbocycles. The van der Waals surface area contributed by atoms with E-state index in [0.717, 1.165) is 69.8 Å². The summed E-state index contributed by atoms with van der Waals surface area (Å²) in [4.78, 5) is 28.1. The van der Waals surface area contributed by atoms with Crippen molar-refractivity contribution in [1.82, 2.24) is 25.3 Å². The predicted molar refractivity (Wildman–Crippen MR) is 121 cm³/mol. The van der Waals surface area contributed by atoms with Gasteiger partial charge < -0.3 is 15.5 Å². The molecule has 0 aromatic carbocycles. The fraction of sp³-hybridized carbons (Fsp3) is 0.792. The lowest BCUT2D eigenvalue weighted by molar-refractivity contribution is -0.122. The fourth-order valence-corrected chi connectivity index (χ4v) is 4.87. The first-order chi connectivity index (χ1) is 15.0. The van der Waals surface area contributed by atoms with Crippen LogP contribution in [0.4, 0.5) is 0 Å². The standard InChI is InChI=1S/C24H39N5O2/c1-17(2)10-14-29-21-9-8-19-15-20(21)23(27-29)24(31)25-11-4-13-28(16-18-6-7-18)12-3-5-22(30)26-19/h17-19H,3-16H2,1-2H3,(H,25,31)(H,26,30). The Balaban J connectivity index is 1.50. The van der Waals surface area contributed by atoms with E-state index in [1.807, 2.05) is 0 Å². The fourth-order valence-electron chi connectivity index (χ4n) is 4.87. The van der Waals surface area contributed by atoms with Crippen LogP contribution in [0.2, 0.25) is 0 Å². The number of rotatable bonds is 5.